The van der Waals surface area contributed by atoms with E-state index in [1.807, 2.05) is 30.3 Å². The number of nitrogens with zero attached hydrogens (tertiary/aromatic N) is 2. The number of hydrogen-bond acceptors (Lipinski definition) is 2. The predicted molar refractivity (Wildman–Crippen MR) is 72.5 cm³/mol. The first kappa shape index (κ1) is 14.0. The van der Waals surface area contributed by atoms with Gasteiger partial charge in [-0.25, -0.2) is 0 Å². The van der Waals surface area contributed by atoms with Crippen molar-refractivity contribution in [2.45, 2.75) is 32.6 Å². The molecule has 1 aromatic carbocycles. The maximum atomic E-state index is 8.92. The molecule has 0 aliphatic rings. The van der Waals surface area contributed by atoms with Crippen LogP contribution in [0.5, 0.6) is 0 Å². The zero-order valence-corrected chi connectivity index (χ0v) is 10.8. The Hall–Kier alpha value is -2.06. The second-order valence-corrected chi connectivity index (χ2v) is 4.82. The second kappa shape index (κ2) is 6.62. The average Bonchev–Trinajstić information content (AvgIpc) is 2.40. The number of nitriles is 2. The van der Waals surface area contributed by atoms with Gasteiger partial charge in [-0.15, -0.1) is 0 Å². The number of hydrogen-bond donors (Lipinski definition) is 0. The van der Waals surface area contributed by atoms with E-state index in [1.165, 1.54) is 5.56 Å². The summed E-state index contributed by atoms with van der Waals surface area (Å²) in [6, 6.07) is 14.4. The van der Waals surface area contributed by atoms with Crippen LogP contribution in [0.3, 0.4) is 0 Å². The number of aryl methyl sites for hydroxylation is 1. The molecule has 0 fully saturated rings. The molecule has 0 atom stereocenters. The van der Waals surface area contributed by atoms with Crippen LogP contribution in [0.1, 0.15) is 31.7 Å². The van der Waals surface area contributed by atoms with Crippen LogP contribution in [-0.4, -0.2) is 0 Å². The van der Waals surface area contributed by atoms with Crippen molar-refractivity contribution in [2.24, 2.45) is 5.41 Å². The fraction of sp³-hybridized carbons (Fsp3) is 0.375. The quantitative estimate of drug-likeness (QED) is 0.703. The molecule has 18 heavy (non-hydrogen) atoms. The van der Waals surface area contributed by atoms with Gasteiger partial charge in [0.05, 0.1) is 12.1 Å². The molecular weight excluding hydrogens is 220 g/mol. The van der Waals surface area contributed by atoms with Gasteiger partial charge in [-0.3, -0.25) is 0 Å². The van der Waals surface area contributed by atoms with E-state index in [-0.39, 0.29) is 0 Å². The topological polar surface area (TPSA) is 47.6 Å². The zero-order chi connectivity index (χ0) is 13.4. The molecule has 0 aliphatic heterocycles. The Kier molecular flexibility index (Phi) is 5.15. The third-order valence-corrected chi connectivity index (χ3v) is 2.94. The summed E-state index contributed by atoms with van der Waals surface area (Å²) < 4.78 is 0. The maximum absolute atomic E-state index is 8.92. The van der Waals surface area contributed by atoms with Crippen LogP contribution in [0.15, 0.2) is 42.5 Å². The molecule has 0 spiro atoms. The summed E-state index contributed by atoms with van der Waals surface area (Å²) in [6.07, 6.45) is 3.36. The highest BCUT2D eigenvalue weighted by Crippen LogP contribution is 2.25. The van der Waals surface area contributed by atoms with Crippen LogP contribution >= 0.6 is 0 Å². The van der Waals surface area contributed by atoms with Gasteiger partial charge in [0.2, 0.25) is 0 Å². The monoisotopic (exact) mass is 238 g/mol. The summed E-state index contributed by atoms with van der Waals surface area (Å²) in [5, 5.41) is 17.8. The Balaban J connectivity index is 2.35. The molecule has 0 aromatic heterocycles. The van der Waals surface area contributed by atoms with E-state index in [9.17, 15) is 0 Å². The van der Waals surface area contributed by atoms with E-state index in [0.29, 0.717) is 6.42 Å². The highest BCUT2D eigenvalue weighted by atomic mass is 14.4. The predicted octanol–water partition coefficient (Wildman–Crippen LogP) is 4.01. The van der Waals surface area contributed by atoms with Gasteiger partial charge in [-0.05, 0) is 38.2 Å². The van der Waals surface area contributed by atoms with E-state index in [2.05, 4.69) is 18.7 Å². The number of allylic oxidation sites excluding steroid dienone is 1. The second-order valence-electron chi connectivity index (χ2n) is 4.82. The van der Waals surface area contributed by atoms with Crippen LogP contribution in [0.4, 0.5) is 0 Å². The minimum Gasteiger partial charge on any atom is -0.197 e. The Morgan fingerprint density at radius 3 is 2.39 bits per heavy atom. The molecule has 0 heterocycles. The van der Waals surface area contributed by atoms with Gasteiger partial charge >= 0.3 is 0 Å². The van der Waals surface area contributed by atoms with Gasteiger partial charge < -0.3 is 0 Å². The van der Waals surface area contributed by atoms with Crippen molar-refractivity contribution in [3.8, 4) is 12.1 Å². The van der Waals surface area contributed by atoms with Gasteiger partial charge in [-0.2, -0.15) is 10.5 Å². The van der Waals surface area contributed by atoms with E-state index < -0.39 is 5.41 Å². The van der Waals surface area contributed by atoms with Crippen LogP contribution in [0.25, 0.3) is 0 Å². The van der Waals surface area contributed by atoms with Crippen molar-refractivity contribution >= 4 is 0 Å². The van der Waals surface area contributed by atoms with Crippen molar-refractivity contribution in [3.63, 3.8) is 0 Å². The van der Waals surface area contributed by atoms with Gasteiger partial charge in [-0.1, -0.05) is 42.5 Å². The van der Waals surface area contributed by atoms with Crippen LogP contribution in [-0.2, 0) is 6.42 Å². The van der Waals surface area contributed by atoms with E-state index in [0.717, 1.165) is 24.8 Å². The van der Waals surface area contributed by atoms with E-state index in [4.69, 9.17) is 10.5 Å². The molecule has 0 unspecified atom stereocenters. The van der Waals surface area contributed by atoms with Crippen molar-refractivity contribution in [1.29, 1.82) is 10.5 Å². The molecule has 2 nitrogen and oxygen atoms in total. The maximum Gasteiger partial charge on any atom is 0.144 e. The Morgan fingerprint density at radius 2 is 1.83 bits per heavy atom. The summed E-state index contributed by atoms with van der Waals surface area (Å²) in [5.41, 5.74) is 1.37. The molecule has 1 aromatic rings. The molecular formula is C16H18N2. The molecule has 2 heteroatoms. The molecule has 92 valence electrons. The SMILES string of the molecule is C=C(CCCc1ccccc1)CC(C)(C#N)C#N. The van der Waals surface area contributed by atoms with Crippen LogP contribution < -0.4 is 0 Å². The lowest BCUT2D eigenvalue weighted by molar-refractivity contribution is 0.560. The summed E-state index contributed by atoms with van der Waals surface area (Å²) in [5.74, 6) is 0. The number of rotatable bonds is 6. The minimum absolute atomic E-state index is 0.467. The molecule has 0 amide bonds. The Bertz CT molecular complexity index is 460. The summed E-state index contributed by atoms with van der Waals surface area (Å²) in [6.45, 7) is 5.63. The third kappa shape index (κ3) is 4.44. The largest absolute Gasteiger partial charge is 0.197 e. The fourth-order valence-corrected chi connectivity index (χ4v) is 1.88. The lowest BCUT2D eigenvalue weighted by atomic mass is 9.85. The van der Waals surface area contributed by atoms with E-state index >= 15 is 0 Å². The lowest BCUT2D eigenvalue weighted by Crippen LogP contribution is -2.11. The Morgan fingerprint density at radius 1 is 1.22 bits per heavy atom. The minimum atomic E-state index is -0.927. The van der Waals surface area contributed by atoms with Crippen molar-refractivity contribution in [3.05, 3.63) is 48.0 Å². The molecule has 0 bridgehead atoms. The normalized spacial score (nSPS) is 10.4. The van der Waals surface area contributed by atoms with E-state index in [1.54, 1.807) is 6.92 Å². The molecule has 0 saturated carbocycles. The van der Waals surface area contributed by atoms with Crippen molar-refractivity contribution < 1.29 is 0 Å². The first-order valence-corrected chi connectivity index (χ1v) is 6.13. The van der Waals surface area contributed by atoms with Gasteiger partial charge in [0.15, 0.2) is 0 Å². The van der Waals surface area contributed by atoms with Gasteiger partial charge in [0.1, 0.15) is 5.41 Å². The molecule has 0 aliphatic carbocycles. The standard InChI is InChI=1S/C16H18N2/c1-14(11-16(2,12-17)13-18)7-6-10-15-8-4-3-5-9-15/h3-5,8-9H,1,6-7,10-11H2,2H3. The lowest BCUT2D eigenvalue weighted by Gasteiger charge is -2.13. The summed E-state index contributed by atoms with van der Waals surface area (Å²) >= 11 is 0. The Labute approximate surface area is 109 Å². The van der Waals surface area contributed by atoms with Crippen LogP contribution in [0.2, 0.25) is 0 Å². The highest BCUT2D eigenvalue weighted by molar-refractivity contribution is 5.18. The summed E-state index contributed by atoms with van der Waals surface area (Å²) in [4.78, 5) is 0. The first-order chi connectivity index (χ1) is 8.59. The van der Waals surface area contributed by atoms with Crippen LogP contribution in [0, 0.1) is 28.1 Å². The smallest absolute Gasteiger partial charge is 0.144 e. The summed E-state index contributed by atoms with van der Waals surface area (Å²) in [7, 11) is 0. The van der Waals surface area contributed by atoms with Gasteiger partial charge in [0, 0.05) is 0 Å². The molecule has 0 saturated heterocycles. The molecule has 0 radical (unpaired) electrons. The first-order valence-electron chi connectivity index (χ1n) is 6.13. The molecule has 0 N–H and O–H groups in total. The number of benzene rings is 1. The molecule has 1 rings (SSSR count). The van der Waals surface area contributed by atoms with Gasteiger partial charge in [0.25, 0.3) is 0 Å². The third-order valence-electron chi connectivity index (χ3n) is 2.94. The van der Waals surface area contributed by atoms with Crippen molar-refractivity contribution in [1.82, 2.24) is 0 Å². The van der Waals surface area contributed by atoms with Crippen molar-refractivity contribution in [2.75, 3.05) is 0 Å². The fourth-order valence-electron chi connectivity index (χ4n) is 1.88. The highest BCUT2D eigenvalue weighted by Gasteiger charge is 2.23. The zero-order valence-electron chi connectivity index (χ0n) is 10.8. The average molecular weight is 238 g/mol.